The van der Waals surface area contributed by atoms with Crippen molar-refractivity contribution in [3.8, 4) is 0 Å². The first-order chi connectivity index (χ1) is 66.1. The van der Waals surface area contributed by atoms with Gasteiger partial charge in [-0.2, -0.15) is 0 Å². The Labute approximate surface area is 794 Å². The first-order valence-corrected chi connectivity index (χ1v) is 47.0. The van der Waals surface area contributed by atoms with Gasteiger partial charge in [0.05, 0.1) is 211 Å². The minimum absolute atomic E-state index is 0.00352. The van der Waals surface area contributed by atoms with Gasteiger partial charge in [-0.1, -0.05) is 51.9 Å². The van der Waals surface area contributed by atoms with Crippen molar-refractivity contribution in [2.24, 2.45) is 0 Å². The van der Waals surface area contributed by atoms with E-state index in [1.54, 1.807) is 0 Å². The van der Waals surface area contributed by atoms with E-state index in [9.17, 15) is 126 Å². The van der Waals surface area contributed by atoms with E-state index in [4.69, 9.17) is 114 Å². The quantitative estimate of drug-likeness (QED) is 0.0251. The summed E-state index contributed by atoms with van der Waals surface area (Å²) in [6, 6.07) is 0. The zero-order valence-corrected chi connectivity index (χ0v) is 77.8. The molecule has 24 N–H and O–H groups in total. The number of Topliss-reactive ketones (excluding diaryl/α,β-unsaturated/α-hetero) is 1. The van der Waals surface area contributed by atoms with E-state index < -0.39 is 229 Å². The molecule has 0 aromatic carbocycles. The average molecular weight is 2000 g/mol. The highest BCUT2D eigenvalue weighted by atomic mass is 16.8. The van der Waals surface area contributed by atoms with Crippen LogP contribution in [0.25, 0.3) is 0 Å². The molecule has 12 unspecified atom stereocenters. The van der Waals surface area contributed by atoms with Crippen LogP contribution in [-0.2, 0) is 133 Å². The molecule has 804 valence electrons. The zero-order chi connectivity index (χ0) is 99.9. The maximum absolute atomic E-state index is 13.9. The van der Waals surface area contributed by atoms with E-state index in [0.717, 1.165) is 44.9 Å². The van der Waals surface area contributed by atoms with Gasteiger partial charge in [0.15, 0.2) is 37.7 Å². The van der Waals surface area contributed by atoms with Crippen LogP contribution in [0.2, 0.25) is 0 Å². The summed E-state index contributed by atoms with van der Waals surface area (Å²) in [5.41, 5.74) is -1.39. The Hall–Kier alpha value is -3.72. The van der Waals surface area contributed by atoms with E-state index in [1.165, 1.54) is 0 Å². The van der Waals surface area contributed by atoms with Crippen LogP contribution in [-0.4, -0.2) is 552 Å². The fourth-order valence-electron chi connectivity index (χ4n) is 14.8. The van der Waals surface area contributed by atoms with Gasteiger partial charge in [-0.25, -0.2) is 0 Å². The monoisotopic (exact) mass is 2000 g/mol. The number of ketones is 1. The van der Waals surface area contributed by atoms with Crippen molar-refractivity contribution in [3.05, 3.63) is 0 Å². The minimum Gasteiger partial charge on any atom is -0.394 e. The summed E-state index contributed by atoms with van der Waals surface area (Å²) in [6.45, 7) is -1.25. The van der Waals surface area contributed by atoms with Crippen molar-refractivity contribution in [2.45, 2.75) is 287 Å². The molecule has 6 saturated heterocycles. The number of hydrogen-bond acceptors (Lipinski definition) is 49. The third kappa shape index (κ3) is 43.5. The number of carbonyl (C=O) groups excluding carboxylic acids is 4. The molecule has 52 nitrogen and oxygen atoms in total. The van der Waals surface area contributed by atoms with E-state index in [0.29, 0.717) is 12.8 Å². The normalized spacial score (nSPS) is 32.5. The van der Waals surface area contributed by atoms with Crippen molar-refractivity contribution in [2.75, 3.05) is 231 Å². The highest BCUT2D eigenvalue weighted by molar-refractivity contribution is 5.78. The van der Waals surface area contributed by atoms with Crippen molar-refractivity contribution >= 4 is 23.5 Å². The minimum atomic E-state index is -1.84. The van der Waals surface area contributed by atoms with Gasteiger partial charge in [0, 0.05) is 51.8 Å². The van der Waals surface area contributed by atoms with Gasteiger partial charge in [-0.05, 0) is 12.8 Å². The molecule has 0 radical (unpaired) electrons. The van der Waals surface area contributed by atoms with Crippen molar-refractivity contribution < 1.29 is 240 Å². The van der Waals surface area contributed by atoms with E-state index >= 15 is 0 Å². The predicted octanol–water partition coefficient (Wildman–Crippen LogP) is -11.8. The summed E-state index contributed by atoms with van der Waals surface area (Å²) >= 11 is 0. The summed E-state index contributed by atoms with van der Waals surface area (Å²) < 4.78 is 136. The number of nitrogens with one attached hydrogen (secondary N) is 3. The predicted molar refractivity (Wildman–Crippen MR) is 459 cm³/mol. The van der Waals surface area contributed by atoms with Crippen LogP contribution in [0, 0.1) is 0 Å². The molecule has 3 amide bonds. The zero-order valence-electron chi connectivity index (χ0n) is 77.8. The van der Waals surface area contributed by atoms with Gasteiger partial charge in [0.25, 0.3) is 0 Å². The summed E-state index contributed by atoms with van der Waals surface area (Å²) in [6.07, 6.45) is -39.9. The fraction of sp³-hybridized carbons (Fsp3) is 0.953. The van der Waals surface area contributed by atoms with Gasteiger partial charge in [-0.3, -0.25) is 19.2 Å². The van der Waals surface area contributed by atoms with Gasteiger partial charge >= 0.3 is 0 Å². The van der Waals surface area contributed by atoms with Crippen LogP contribution in [0.3, 0.4) is 0 Å². The molecule has 0 aliphatic carbocycles. The SMILES string of the molecule is CCCCCCCCCCC(=O)NC(COCCC(=O)CCCOCCOCCOCCO[C@H]1OC(CO)[C@@H](O)[C@H](O)C1O[C@H]1OC(CO)[C@@H](O)[C@H](O)C1O)(COCCC(=O)NCCOCCOCCOCCO[C@H]1OC(CO)[C@@H](O)[C@H](O)C1O[C@H]1OC(CO)[C@@H](O)[C@H](O)C1O)COCCC(=O)NCCOCCOCCOCCO[C@H]1OC(CO)[C@@H](O)[C@H](O)C1O[C@H]1OC(CO)[C@@H](O)[C@H](O)C1O. The second-order valence-electron chi connectivity index (χ2n) is 33.4. The maximum Gasteiger partial charge on any atom is 0.222 e. The molecule has 6 aliphatic rings. The van der Waals surface area contributed by atoms with Crippen LogP contribution in [0.1, 0.15) is 96.8 Å². The number of aliphatic hydroxyl groups excluding tert-OH is 21. The van der Waals surface area contributed by atoms with Gasteiger partial charge in [-0.15, -0.1) is 0 Å². The Bertz CT molecular complexity index is 2830. The standard InChI is InChI=1S/C85H155N3O49/c1-2-3-4-5-6-7-8-9-12-60(98)88-85(48-123-19-13-51(95)11-10-18-114-24-27-117-30-33-120-36-39-126-82-76(70(108)64(102)55(45-92)132-82)135-79-73(111)67(105)61(99)52(42-89)129-79,49-124-20-14-58(96)86-16-22-115-25-28-118-31-34-121-37-40-127-83-77(71(109)65(103)56(46-93)133-83)136-80-74(112)68(106)62(100)53(43-90)130-80)50-125-21-15-59(97)87-17-23-116-26-29-119-32-35-122-38-41-128-84-78(72(110)66(104)57(47-94)134-84)137-81-75(113)69(107)63(101)54(44-91)131-81/h52-57,61-84,89-94,99-113H,2-50H2,1H3,(H,86,96)(H,87,97)(H,88,98)/t52?,53?,54?,55?,56?,57?,61-,62-,63-,64-,65-,66-,67+,68+,69+,70+,71+,72+,73?,74?,75?,76?,77?,78?,79-,80-,81-,82+,83+,84+,85?/m1/s1. The number of rotatable bonds is 77. The fourth-order valence-corrected chi connectivity index (χ4v) is 14.8. The Morgan fingerprint density at radius 2 is 0.511 bits per heavy atom. The average Bonchev–Trinajstić information content (AvgIpc) is 0.792. The molecular formula is C85H155N3O49. The van der Waals surface area contributed by atoms with Crippen LogP contribution in [0.15, 0.2) is 0 Å². The molecule has 52 heteroatoms. The summed E-state index contributed by atoms with van der Waals surface area (Å²) in [4.78, 5) is 53.3. The highest BCUT2D eigenvalue weighted by Gasteiger charge is 2.55. The largest absolute Gasteiger partial charge is 0.394 e. The topological polar surface area (TPSA) is 751 Å². The molecule has 6 aliphatic heterocycles. The second kappa shape index (κ2) is 70.1. The van der Waals surface area contributed by atoms with Crippen molar-refractivity contribution in [3.63, 3.8) is 0 Å². The molecule has 0 aromatic heterocycles. The van der Waals surface area contributed by atoms with E-state index in [2.05, 4.69) is 22.9 Å². The summed E-state index contributed by atoms with van der Waals surface area (Å²) in [5, 5.41) is 223. The maximum atomic E-state index is 13.9. The highest BCUT2D eigenvalue weighted by Crippen LogP contribution is 2.34. The molecule has 0 bridgehead atoms. The molecule has 137 heavy (non-hydrogen) atoms. The Balaban J connectivity index is 0.907. The Kier molecular flexibility index (Phi) is 62.4. The lowest BCUT2D eigenvalue weighted by Gasteiger charge is -2.45. The molecule has 0 spiro atoms. The van der Waals surface area contributed by atoms with Gasteiger partial charge in [0.1, 0.15) is 158 Å². The van der Waals surface area contributed by atoms with Crippen molar-refractivity contribution in [1.29, 1.82) is 0 Å². The first-order valence-electron chi connectivity index (χ1n) is 47.0. The van der Waals surface area contributed by atoms with Gasteiger partial charge in [0.2, 0.25) is 17.7 Å². The first kappa shape index (κ1) is 122. The number of aliphatic hydroxyl groups is 21. The van der Waals surface area contributed by atoms with Crippen molar-refractivity contribution in [1.82, 2.24) is 16.0 Å². The summed E-state index contributed by atoms with van der Waals surface area (Å²) in [7, 11) is 0. The lowest BCUT2D eigenvalue weighted by Crippen LogP contribution is -2.64. The van der Waals surface area contributed by atoms with Crippen LogP contribution < -0.4 is 16.0 Å². The van der Waals surface area contributed by atoms with Crippen LogP contribution in [0.4, 0.5) is 0 Å². The summed E-state index contributed by atoms with van der Waals surface area (Å²) in [5.74, 6) is -1.22. The second-order valence-corrected chi connectivity index (χ2v) is 33.4. The molecule has 30 atom stereocenters. The van der Waals surface area contributed by atoms with E-state index in [1.807, 2.05) is 0 Å². The molecule has 0 aromatic rings. The Morgan fingerprint density at radius 3 is 0.818 bits per heavy atom. The lowest BCUT2D eigenvalue weighted by atomic mass is 9.97. The molecular weight excluding hydrogens is 1850 g/mol. The van der Waals surface area contributed by atoms with E-state index in [-0.39, 0.29) is 247 Å². The molecule has 6 fully saturated rings. The third-order valence-electron chi connectivity index (χ3n) is 22.8. The third-order valence-corrected chi connectivity index (χ3v) is 22.8. The molecule has 0 saturated carbocycles. The number of unbranched alkanes of at least 4 members (excludes halogenated alkanes) is 7. The number of hydrogen-bond donors (Lipinski definition) is 24. The smallest absolute Gasteiger partial charge is 0.222 e. The van der Waals surface area contributed by atoms with Crippen LogP contribution >= 0.6 is 0 Å². The molecule has 6 rings (SSSR count). The molecule has 6 heterocycles. The van der Waals surface area contributed by atoms with Gasteiger partial charge < -0.3 is 237 Å². The number of amides is 3. The van der Waals surface area contributed by atoms with Crippen LogP contribution in [0.5, 0.6) is 0 Å². The number of carbonyl (C=O) groups is 4. The Morgan fingerprint density at radius 1 is 0.248 bits per heavy atom. The number of ether oxygens (including phenoxy) is 24. The lowest BCUT2D eigenvalue weighted by molar-refractivity contribution is -0.367.